The zero-order chi connectivity index (χ0) is 40.1. The van der Waals surface area contributed by atoms with E-state index in [1.807, 2.05) is 43.9 Å². The molecule has 0 fully saturated rings. The molecule has 1 aromatic heterocycles. The van der Waals surface area contributed by atoms with Gasteiger partial charge in [-0.1, -0.05) is 103 Å². The maximum absolute atomic E-state index is 14.6. The molecule has 294 valence electrons. The molecule has 0 saturated heterocycles. The molecule has 0 spiro atoms. The zero-order valence-electron chi connectivity index (χ0n) is 33.5. The van der Waals surface area contributed by atoms with Crippen LogP contribution in [0.3, 0.4) is 0 Å². The van der Waals surface area contributed by atoms with Gasteiger partial charge in [-0.25, -0.2) is 19.3 Å². The van der Waals surface area contributed by atoms with Crippen molar-refractivity contribution >= 4 is 41.2 Å². The highest BCUT2D eigenvalue weighted by Gasteiger charge is 2.30. The summed E-state index contributed by atoms with van der Waals surface area (Å²) in [5, 5.41) is 22.4. The molecule has 2 amide bonds. The van der Waals surface area contributed by atoms with Gasteiger partial charge in [0, 0.05) is 23.3 Å². The number of carboxylic acid groups (broad SMARTS) is 2. The van der Waals surface area contributed by atoms with Crippen molar-refractivity contribution in [1.82, 2.24) is 20.3 Å². The molecule has 2 unspecified atom stereocenters. The van der Waals surface area contributed by atoms with E-state index in [-0.39, 0.29) is 34.8 Å². The number of rotatable bonds is 19. The molecule has 0 aliphatic heterocycles. The first-order valence-corrected chi connectivity index (χ1v) is 19.7. The van der Waals surface area contributed by atoms with E-state index in [0.717, 1.165) is 63.4 Å². The minimum atomic E-state index is -1.05. The topological polar surface area (TPSA) is 149 Å². The molecular weight excluding hydrogens is 693 g/mol. The van der Waals surface area contributed by atoms with Crippen molar-refractivity contribution in [2.75, 3.05) is 16.3 Å². The number of hydrogen-bond donors (Lipinski definition) is 3. The normalized spacial score (nSPS) is 12.5. The monoisotopic (exact) mass is 750 g/mol. The zero-order valence-corrected chi connectivity index (χ0v) is 33.5. The Labute approximate surface area is 326 Å². The summed E-state index contributed by atoms with van der Waals surface area (Å²) in [6, 6.07) is 20.4. The van der Waals surface area contributed by atoms with Gasteiger partial charge in [0.05, 0.1) is 16.8 Å². The molecule has 3 aromatic carbocycles. The Balaban J connectivity index is 2.02. The summed E-state index contributed by atoms with van der Waals surface area (Å²) in [6.07, 6.45) is 9.04. The van der Waals surface area contributed by atoms with E-state index < -0.39 is 23.5 Å². The van der Waals surface area contributed by atoms with Gasteiger partial charge >= 0.3 is 18.0 Å². The summed E-state index contributed by atoms with van der Waals surface area (Å²) in [5.74, 6) is -0.764. The smallest absolute Gasteiger partial charge is 0.335 e. The molecule has 3 N–H and O–H groups in total. The van der Waals surface area contributed by atoms with Crippen LogP contribution in [-0.2, 0) is 6.42 Å². The Hall–Kier alpha value is -5.32. The summed E-state index contributed by atoms with van der Waals surface area (Å²) < 4.78 is 0. The Bertz CT molecular complexity index is 1870. The van der Waals surface area contributed by atoms with Crippen molar-refractivity contribution in [2.45, 2.75) is 112 Å². The quantitative estimate of drug-likeness (QED) is 0.0851. The Morgan fingerprint density at radius 3 is 1.80 bits per heavy atom. The standard InChI is InChI=1S/C44H58N6O5/c1-8-12-16-30(10-3)28-35-18-14-15-19-37(35)50(43(55)48-44(5,6)7)42-46-38(32-20-22-33(23-21-32)39(51)52)45-41(47-42)49(29-31(11-4)17-13-9-2)36-26-24-34(25-27-36)40(53)54/h14-15,18-27,30-31H,8-13,16-17,28-29H2,1-7H3,(H,48,55)(H,51,52)(H,53,54). The van der Waals surface area contributed by atoms with Gasteiger partial charge in [-0.2, -0.15) is 15.0 Å². The molecule has 4 rings (SSSR count). The Morgan fingerprint density at radius 2 is 1.25 bits per heavy atom. The summed E-state index contributed by atoms with van der Waals surface area (Å²) in [7, 11) is 0. The number of amides is 2. The summed E-state index contributed by atoms with van der Waals surface area (Å²) in [6.45, 7) is 15.0. The molecule has 0 aliphatic rings. The van der Waals surface area contributed by atoms with E-state index in [1.54, 1.807) is 36.4 Å². The fourth-order valence-electron chi connectivity index (χ4n) is 6.57. The fraction of sp³-hybridized carbons (Fsp3) is 0.455. The number of aromatic carboxylic acids is 2. The average Bonchev–Trinajstić information content (AvgIpc) is 3.16. The highest BCUT2D eigenvalue weighted by atomic mass is 16.4. The number of carbonyl (C=O) groups is 3. The van der Waals surface area contributed by atoms with Gasteiger partial charge in [-0.15, -0.1) is 0 Å². The average molecular weight is 751 g/mol. The van der Waals surface area contributed by atoms with Crippen LogP contribution in [0.4, 0.5) is 28.1 Å². The minimum Gasteiger partial charge on any atom is -0.478 e. The third-order valence-electron chi connectivity index (χ3n) is 9.82. The third-order valence-corrected chi connectivity index (χ3v) is 9.82. The second-order valence-electron chi connectivity index (χ2n) is 15.3. The molecule has 0 aliphatic carbocycles. The SMILES string of the molecule is CCCCC(CC)Cc1ccccc1N(C(=O)NC(C)(C)C)c1nc(-c2ccc(C(=O)O)cc2)nc(N(CC(CC)CCCC)c2ccc(C(=O)O)cc2)n1. The van der Waals surface area contributed by atoms with E-state index in [2.05, 4.69) is 39.1 Å². The van der Waals surface area contributed by atoms with Gasteiger partial charge in [0.25, 0.3) is 0 Å². The van der Waals surface area contributed by atoms with E-state index in [4.69, 9.17) is 15.0 Å². The number of carboxylic acids is 2. The van der Waals surface area contributed by atoms with Crippen LogP contribution in [0.5, 0.6) is 0 Å². The Kier molecular flexibility index (Phi) is 15.3. The molecule has 11 heteroatoms. The van der Waals surface area contributed by atoms with Crippen LogP contribution in [0, 0.1) is 11.8 Å². The van der Waals surface area contributed by atoms with Crippen molar-refractivity contribution in [3.8, 4) is 11.4 Å². The van der Waals surface area contributed by atoms with Crippen molar-refractivity contribution < 1.29 is 24.6 Å². The first-order chi connectivity index (χ1) is 26.3. The van der Waals surface area contributed by atoms with Gasteiger partial charge in [0.15, 0.2) is 5.82 Å². The van der Waals surface area contributed by atoms with Gasteiger partial charge in [0.2, 0.25) is 11.9 Å². The lowest BCUT2D eigenvalue weighted by Gasteiger charge is -2.31. The number of hydrogen-bond acceptors (Lipinski definition) is 7. The third kappa shape index (κ3) is 11.8. The number of anilines is 4. The summed E-state index contributed by atoms with van der Waals surface area (Å²) >= 11 is 0. The lowest BCUT2D eigenvalue weighted by atomic mass is 9.91. The van der Waals surface area contributed by atoms with E-state index in [9.17, 15) is 24.6 Å². The van der Waals surface area contributed by atoms with Crippen LogP contribution in [0.15, 0.2) is 72.8 Å². The summed E-state index contributed by atoms with van der Waals surface area (Å²) in [5.41, 5.74) is 2.58. The van der Waals surface area contributed by atoms with Gasteiger partial charge in [-0.3, -0.25) is 0 Å². The number of nitrogens with one attached hydrogen (secondary N) is 1. The molecule has 0 saturated carbocycles. The second-order valence-corrected chi connectivity index (χ2v) is 15.3. The lowest BCUT2D eigenvalue weighted by molar-refractivity contribution is 0.0686. The first kappa shape index (κ1) is 42.4. The number of unbranched alkanes of at least 4 members (excludes halogenated alkanes) is 2. The van der Waals surface area contributed by atoms with E-state index in [1.165, 1.54) is 17.0 Å². The number of benzene rings is 3. The molecule has 11 nitrogen and oxygen atoms in total. The summed E-state index contributed by atoms with van der Waals surface area (Å²) in [4.78, 5) is 56.7. The first-order valence-electron chi connectivity index (χ1n) is 19.7. The van der Waals surface area contributed by atoms with Crippen LogP contribution < -0.4 is 15.1 Å². The molecule has 4 aromatic rings. The van der Waals surface area contributed by atoms with Crippen molar-refractivity contribution in [2.24, 2.45) is 11.8 Å². The van der Waals surface area contributed by atoms with Crippen LogP contribution in [0.2, 0.25) is 0 Å². The van der Waals surface area contributed by atoms with Gasteiger partial charge in [0.1, 0.15) is 0 Å². The van der Waals surface area contributed by atoms with Crippen LogP contribution >= 0.6 is 0 Å². The fourth-order valence-corrected chi connectivity index (χ4v) is 6.57. The highest BCUT2D eigenvalue weighted by Crippen LogP contribution is 2.35. The predicted molar refractivity (Wildman–Crippen MR) is 220 cm³/mol. The van der Waals surface area contributed by atoms with E-state index >= 15 is 0 Å². The maximum atomic E-state index is 14.6. The van der Waals surface area contributed by atoms with Gasteiger partial charge < -0.3 is 20.4 Å². The van der Waals surface area contributed by atoms with Crippen LogP contribution in [0.25, 0.3) is 11.4 Å². The predicted octanol–water partition coefficient (Wildman–Crippen LogP) is 10.7. The molecule has 1 heterocycles. The Morgan fingerprint density at radius 1 is 0.709 bits per heavy atom. The second kappa shape index (κ2) is 19.8. The number of carbonyl (C=O) groups excluding carboxylic acids is 1. The molecule has 55 heavy (non-hydrogen) atoms. The van der Waals surface area contributed by atoms with Crippen molar-refractivity contribution in [3.63, 3.8) is 0 Å². The lowest BCUT2D eigenvalue weighted by Crippen LogP contribution is -2.47. The minimum absolute atomic E-state index is 0.104. The maximum Gasteiger partial charge on any atom is 0.335 e. The molecule has 0 bridgehead atoms. The number of para-hydroxylation sites is 1. The molecule has 0 radical (unpaired) electrons. The van der Waals surface area contributed by atoms with Gasteiger partial charge in [-0.05, 0) is 93.5 Å². The molecular formula is C44H58N6O5. The highest BCUT2D eigenvalue weighted by molar-refractivity contribution is 5.99. The van der Waals surface area contributed by atoms with Crippen molar-refractivity contribution in [3.05, 3.63) is 89.5 Å². The van der Waals surface area contributed by atoms with Crippen LogP contribution in [0.1, 0.15) is 126 Å². The van der Waals surface area contributed by atoms with Crippen LogP contribution in [-0.4, -0.2) is 55.2 Å². The molecule has 2 atom stereocenters. The number of urea groups is 1. The number of aromatic nitrogens is 3. The van der Waals surface area contributed by atoms with E-state index in [0.29, 0.717) is 29.4 Å². The largest absolute Gasteiger partial charge is 0.478 e. The van der Waals surface area contributed by atoms with Crippen molar-refractivity contribution in [1.29, 1.82) is 0 Å². The number of nitrogens with zero attached hydrogens (tertiary/aromatic N) is 5.